The number of para-hydroxylation sites is 1. The number of esters is 1. The Morgan fingerprint density at radius 1 is 0.939 bits per heavy atom. The number of carbonyl (C=O) groups excluding carboxylic acids is 2. The lowest BCUT2D eigenvalue weighted by molar-refractivity contribution is -0.117. The van der Waals surface area contributed by atoms with Gasteiger partial charge in [0.05, 0.1) is 11.7 Å². The fraction of sp³-hybridized carbons (Fsp3) is 0.160. The number of nitrogens with zero attached hydrogens (tertiary/aromatic N) is 4. The molecule has 3 aromatic carbocycles. The number of ether oxygens (including phenoxy) is 1. The van der Waals surface area contributed by atoms with Gasteiger partial charge in [0.15, 0.2) is 0 Å². The molecule has 8 heteroatoms. The second-order valence-electron chi connectivity index (χ2n) is 7.64. The molecular weight excluding hydrogens is 418 g/mol. The quantitative estimate of drug-likeness (QED) is 0.431. The van der Waals surface area contributed by atoms with Crippen LogP contribution in [0.15, 0.2) is 78.9 Å². The molecule has 33 heavy (non-hydrogen) atoms. The summed E-state index contributed by atoms with van der Waals surface area (Å²) in [5.41, 5.74) is 3.63. The van der Waals surface area contributed by atoms with Gasteiger partial charge in [-0.05, 0) is 42.8 Å². The molecule has 0 spiro atoms. The predicted molar refractivity (Wildman–Crippen MR) is 124 cm³/mol. The molecular formula is C25H23N5O3. The highest BCUT2D eigenvalue weighted by Gasteiger charge is 2.14. The summed E-state index contributed by atoms with van der Waals surface area (Å²) in [4.78, 5) is 26.0. The second-order valence-corrected chi connectivity index (χ2v) is 7.64. The summed E-state index contributed by atoms with van der Waals surface area (Å²) < 4.78 is 5.23. The van der Waals surface area contributed by atoms with Crippen LogP contribution in [0, 0.1) is 0 Å². The van der Waals surface area contributed by atoms with Crippen molar-refractivity contribution in [2.45, 2.75) is 26.5 Å². The van der Waals surface area contributed by atoms with E-state index in [-0.39, 0.29) is 18.6 Å². The lowest BCUT2D eigenvalue weighted by atomic mass is 10.0. The molecule has 0 saturated heterocycles. The molecule has 1 aromatic heterocycles. The van der Waals surface area contributed by atoms with Crippen molar-refractivity contribution >= 4 is 17.6 Å². The second kappa shape index (κ2) is 9.86. The van der Waals surface area contributed by atoms with Crippen molar-refractivity contribution in [1.82, 2.24) is 20.2 Å². The third kappa shape index (κ3) is 5.48. The summed E-state index contributed by atoms with van der Waals surface area (Å²) in [6.07, 6.45) is -0.217. The van der Waals surface area contributed by atoms with Crippen LogP contribution in [-0.4, -0.2) is 38.2 Å². The number of hydrogen-bond acceptors (Lipinski definition) is 6. The predicted octanol–water partition coefficient (Wildman–Crippen LogP) is 4.21. The van der Waals surface area contributed by atoms with Crippen molar-refractivity contribution in [3.63, 3.8) is 0 Å². The number of amides is 1. The van der Waals surface area contributed by atoms with Gasteiger partial charge in [0.1, 0.15) is 6.54 Å². The molecule has 0 radical (unpaired) electrons. The molecule has 0 aliphatic carbocycles. The third-order valence-corrected chi connectivity index (χ3v) is 4.72. The van der Waals surface area contributed by atoms with Crippen LogP contribution in [0.4, 0.5) is 5.69 Å². The van der Waals surface area contributed by atoms with Gasteiger partial charge in [-0.25, -0.2) is 4.79 Å². The van der Waals surface area contributed by atoms with Gasteiger partial charge in [0.2, 0.25) is 11.7 Å². The average molecular weight is 441 g/mol. The molecule has 166 valence electrons. The number of anilines is 1. The van der Waals surface area contributed by atoms with Gasteiger partial charge >= 0.3 is 5.97 Å². The van der Waals surface area contributed by atoms with E-state index in [0.29, 0.717) is 22.6 Å². The van der Waals surface area contributed by atoms with E-state index in [9.17, 15) is 9.59 Å². The van der Waals surface area contributed by atoms with E-state index in [4.69, 9.17) is 4.74 Å². The number of tetrazole rings is 1. The van der Waals surface area contributed by atoms with Gasteiger partial charge < -0.3 is 10.1 Å². The summed E-state index contributed by atoms with van der Waals surface area (Å²) in [6.45, 7) is 3.47. The van der Waals surface area contributed by atoms with Crippen LogP contribution in [0.1, 0.15) is 24.2 Å². The Kier molecular flexibility index (Phi) is 6.54. The van der Waals surface area contributed by atoms with Crippen LogP contribution in [0.25, 0.3) is 22.5 Å². The minimum absolute atomic E-state index is 0.106. The SMILES string of the molecule is CC(C)OC(=O)c1cccc(-c2nnn(CC(=O)Nc3ccccc3-c3ccccc3)n2)c1. The monoisotopic (exact) mass is 441 g/mol. The van der Waals surface area contributed by atoms with E-state index < -0.39 is 5.97 Å². The Morgan fingerprint density at radius 2 is 1.67 bits per heavy atom. The van der Waals surface area contributed by atoms with Crippen LogP contribution in [-0.2, 0) is 16.1 Å². The lowest BCUT2D eigenvalue weighted by Crippen LogP contribution is -2.20. The normalized spacial score (nSPS) is 10.8. The van der Waals surface area contributed by atoms with E-state index in [2.05, 4.69) is 20.7 Å². The Hall–Kier alpha value is -4.33. The van der Waals surface area contributed by atoms with Crippen LogP contribution < -0.4 is 5.32 Å². The fourth-order valence-corrected chi connectivity index (χ4v) is 3.27. The maximum absolute atomic E-state index is 12.7. The summed E-state index contributed by atoms with van der Waals surface area (Å²) in [5, 5.41) is 15.2. The van der Waals surface area contributed by atoms with Crippen molar-refractivity contribution in [2.75, 3.05) is 5.32 Å². The van der Waals surface area contributed by atoms with Crippen molar-refractivity contribution in [1.29, 1.82) is 0 Å². The third-order valence-electron chi connectivity index (χ3n) is 4.72. The molecule has 1 N–H and O–H groups in total. The van der Waals surface area contributed by atoms with E-state index in [0.717, 1.165) is 11.1 Å². The highest BCUT2D eigenvalue weighted by Crippen LogP contribution is 2.27. The Balaban J connectivity index is 1.46. The first kappa shape index (κ1) is 21.9. The molecule has 4 aromatic rings. The molecule has 0 unspecified atom stereocenters. The van der Waals surface area contributed by atoms with Gasteiger partial charge in [-0.2, -0.15) is 4.80 Å². The standard InChI is InChI=1S/C25H23N5O3/c1-17(2)33-25(32)20-12-8-11-19(15-20)24-27-29-30(28-24)16-23(31)26-22-14-7-6-13-21(22)18-9-4-3-5-10-18/h3-15,17H,16H2,1-2H3,(H,26,31). The Morgan fingerprint density at radius 3 is 2.45 bits per heavy atom. The lowest BCUT2D eigenvalue weighted by Gasteiger charge is -2.11. The summed E-state index contributed by atoms with van der Waals surface area (Å²) in [5.74, 6) is -0.390. The molecule has 0 bridgehead atoms. The highest BCUT2D eigenvalue weighted by atomic mass is 16.5. The fourth-order valence-electron chi connectivity index (χ4n) is 3.27. The number of nitrogens with one attached hydrogen (secondary N) is 1. The minimum atomic E-state index is -0.421. The molecule has 0 atom stereocenters. The van der Waals surface area contributed by atoms with Gasteiger partial charge in [-0.3, -0.25) is 4.79 Å². The zero-order chi connectivity index (χ0) is 23.2. The molecule has 4 rings (SSSR count). The molecule has 1 heterocycles. The zero-order valence-corrected chi connectivity index (χ0v) is 18.3. The van der Waals surface area contributed by atoms with Crippen molar-refractivity contribution in [3.05, 3.63) is 84.4 Å². The first-order chi connectivity index (χ1) is 16.0. The van der Waals surface area contributed by atoms with E-state index in [1.54, 1.807) is 38.1 Å². The Bertz CT molecular complexity index is 1270. The van der Waals surface area contributed by atoms with E-state index in [1.165, 1.54) is 4.80 Å². The van der Waals surface area contributed by atoms with E-state index in [1.807, 2.05) is 54.6 Å². The van der Waals surface area contributed by atoms with Crippen LogP contribution >= 0.6 is 0 Å². The van der Waals surface area contributed by atoms with Crippen LogP contribution in [0.3, 0.4) is 0 Å². The zero-order valence-electron chi connectivity index (χ0n) is 18.3. The van der Waals surface area contributed by atoms with Crippen molar-refractivity contribution < 1.29 is 14.3 Å². The van der Waals surface area contributed by atoms with Gasteiger partial charge in [-0.15, -0.1) is 10.2 Å². The molecule has 8 nitrogen and oxygen atoms in total. The summed E-state index contributed by atoms with van der Waals surface area (Å²) >= 11 is 0. The number of aromatic nitrogens is 4. The molecule has 0 aliphatic rings. The van der Waals surface area contributed by atoms with Crippen LogP contribution in [0.2, 0.25) is 0 Å². The van der Waals surface area contributed by atoms with Gasteiger partial charge in [0, 0.05) is 16.8 Å². The number of carbonyl (C=O) groups is 2. The van der Waals surface area contributed by atoms with Crippen LogP contribution in [0.5, 0.6) is 0 Å². The molecule has 0 saturated carbocycles. The minimum Gasteiger partial charge on any atom is -0.459 e. The van der Waals surface area contributed by atoms with E-state index >= 15 is 0 Å². The molecule has 0 fully saturated rings. The maximum Gasteiger partial charge on any atom is 0.338 e. The molecule has 1 amide bonds. The van der Waals surface area contributed by atoms with Gasteiger partial charge in [0.25, 0.3) is 0 Å². The Labute approximate surface area is 191 Å². The summed E-state index contributed by atoms with van der Waals surface area (Å²) in [7, 11) is 0. The number of rotatable bonds is 7. The number of benzene rings is 3. The van der Waals surface area contributed by atoms with Crippen molar-refractivity contribution in [2.24, 2.45) is 0 Å². The highest BCUT2D eigenvalue weighted by molar-refractivity contribution is 5.95. The maximum atomic E-state index is 12.7. The van der Waals surface area contributed by atoms with Crippen molar-refractivity contribution in [3.8, 4) is 22.5 Å². The largest absolute Gasteiger partial charge is 0.459 e. The summed E-state index contributed by atoms with van der Waals surface area (Å²) in [6, 6.07) is 24.2. The first-order valence-corrected chi connectivity index (χ1v) is 10.5. The topological polar surface area (TPSA) is 99.0 Å². The number of hydrogen-bond donors (Lipinski definition) is 1. The average Bonchev–Trinajstić information content (AvgIpc) is 3.28. The smallest absolute Gasteiger partial charge is 0.338 e. The first-order valence-electron chi connectivity index (χ1n) is 10.5. The van der Waals surface area contributed by atoms with Gasteiger partial charge in [-0.1, -0.05) is 60.7 Å². The molecule has 0 aliphatic heterocycles.